The summed E-state index contributed by atoms with van der Waals surface area (Å²) < 4.78 is 13.8. The van der Waals surface area contributed by atoms with Crippen molar-refractivity contribution in [2.75, 3.05) is 19.6 Å². The van der Waals surface area contributed by atoms with E-state index >= 15 is 0 Å². The van der Waals surface area contributed by atoms with Gasteiger partial charge in [-0.15, -0.1) is 0 Å². The highest BCUT2D eigenvalue weighted by molar-refractivity contribution is 5.94. The van der Waals surface area contributed by atoms with Crippen LogP contribution in [0.4, 0.5) is 4.39 Å². The lowest BCUT2D eigenvalue weighted by molar-refractivity contribution is -0.130. The van der Waals surface area contributed by atoms with Gasteiger partial charge in [0, 0.05) is 43.7 Å². The molecule has 0 unspecified atom stereocenters. The Morgan fingerprint density at radius 2 is 1.96 bits per heavy atom. The van der Waals surface area contributed by atoms with Crippen molar-refractivity contribution in [2.45, 2.75) is 32.2 Å². The first-order chi connectivity index (χ1) is 11.1. The van der Waals surface area contributed by atoms with Crippen molar-refractivity contribution >= 4 is 11.8 Å². The van der Waals surface area contributed by atoms with Crippen LogP contribution in [-0.4, -0.2) is 41.2 Å². The standard InChI is InChI=1S/C18H21FN2O2/c19-16-8-4-3-7-15(16)13-21-12-11-20(10-9-17(21)22)18(23)14-5-1-2-6-14/h3-5,7-8H,1-2,6,9-13H2. The number of carbonyl (C=O) groups is 2. The summed E-state index contributed by atoms with van der Waals surface area (Å²) in [6, 6.07) is 6.50. The van der Waals surface area contributed by atoms with Gasteiger partial charge in [-0.25, -0.2) is 4.39 Å². The molecule has 2 amide bonds. The van der Waals surface area contributed by atoms with Gasteiger partial charge in [0.2, 0.25) is 11.8 Å². The molecule has 0 saturated carbocycles. The molecule has 2 aliphatic rings. The van der Waals surface area contributed by atoms with Crippen LogP contribution in [0, 0.1) is 5.82 Å². The first-order valence-corrected chi connectivity index (χ1v) is 8.14. The Morgan fingerprint density at radius 1 is 1.13 bits per heavy atom. The average Bonchev–Trinajstić information content (AvgIpc) is 3.03. The summed E-state index contributed by atoms with van der Waals surface area (Å²) in [5, 5.41) is 0. The fourth-order valence-corrected chi connectivity index (χ4v) is 3.14. The average molecular weight is 316 g/mol. The first kappa shape index (κ1) is 15.7. The first-order valence-electron chi connectivity index (χ1n) is 8.14. The van der Waals surface area contributed by atoms with Gasteiger partial charge in [0.1, 0.15) is 5.82 Å². The maximum absolute atomic E-state index is 13.8. The Morgan fingerprint density at radius 3 is 2.70 bits per heavy atom. The fraction of sp³-hybridized carbons (Fsp3) is 0.444. The smallest absolute Gasteiger partial charge is 0.249 e. The van der Waals surface area contributed by atoms with Crippen molar-refractivity contribution in [1.82, 2.24) is 9.80 Å². The number of carbonyl (C=O) groups excluding carboxylic acids is 2. The van der Waals surface area contributed by atoms with E-state index in [1.165, 1.54) is 6.07 Å². The van der Waals surface area contributed by atoms with Gasteiger partial charge in [0.25, 0.3) is 0 Å². The maximum Gasteiger partial charge on any atom is 0.249 e. The van der Waals surface area contributed by atoms with E-state index in [9.17, 15) is 14.0 Å². The van der Waals surface area contributed by atoms with Gasteiger partial charge >= 0.3 is 0 Å². The lowest BCUT2D eigenvalue weighted by atomic mass is 10.2. The van der Waals surface area contributed by atoms with Gasteiger partial charge in [0.15, 0.2) is 0 Å². The minimum Gasteiger partial charge on any atom is -0.337 e. The van der Waals surface area contributed by atoms with Crippen LogP contribution in [-0.2, 0) is 16.1 Å². The lowest BCUT2D eigenvalue weighted by Gasteiger charge is -2.23. The SMILES string of the molecule is O=C1CCN(C(=O)C2=CCCC2)CCN1Cc1ccccc1F. The highest BCUT2D eigenvalue weighted by Crippen LogP contribution is 2.21. The molecule has 1 heterocycles. The molecule has 1 aliphatic heterocycles. The third-order valence-electron chi connectivity index (χ3n) is 4.51. The van der Waals surface area contributed by atoms with Crippen LogP contribution in [0.5, 0.6) is 0 Å². The Hall–Kier alpha value is -2.17. The number of nitrogens with zero attached hydrogens (tertiary/aromatic N) is 2. The minimum atomic E-state index is -0.298. The highest BCUT2D eigenvalue weighted by atomic mass is 19.1. The van der Waals surface area contributed by atoms with Crippen LogP contribution < -0.4 is 0 Å². The number of hydrogen-bond donors (Lipinski definition) is 0. The molecule has 1 aromatic rings. The normalized spacial score (nSPS) is 18.8. The number of halogens is 1. The molecule has 1 saturated heterocycles. The molecule has 0 radical (unpaired) electrons. The molecule has 122 valence electrons. The quantitative estimate of drug-likeness (QED) is 0.859. The van der Waals surface area contributed by atoms with E-state index < -0.39 is 0 Å². The third kappa shape index (κ3) is 3.60. The zero-order valence-corrected chi connectivity index (χ0v) is 13.1. The van der Waals surface area contributed by atoms with Gasteiger partial charge in [-0.2, -0.15) is 0 Å². The van der Waals surface area contributed by atoms with E-state index in [2.05, 4.69) is 0 Å². The molecular weight excluding hydrogens is 295 g/mol. The van der Waals surface area contributed by atoms with Crippen molar-refractivity contribution in [3.8, 4) is 0 Å². The summed E-state index contributed by atoms with van der Waals surface area (Å²) in [4.78, 5) is 28.1. The number of hydrogen-bond acceptors (Lipinski definition) is 2. The van der Waals surface area contributed by atoms with Gasteiger partial charge in [-0.05, 0) is 25.3 Å². The molecule has 3 rings (SSSR count). The highest BCUT2D eigenvalue weighted by Gasteiger charge is 2.26. The molecule has 1 fully saturated rings. The third-order valence-corrected chi connectivity index (χ3v) is 4.51. The van der Waals surface area contributed by atoms with Crippen molar-refractivity contribution in [3.05, 3.63) is 47.3 Å². The topological polar surface area (TPSA) is 40.6 Å². The zero-order chi connectivity index (χ0) is 16.2. The second-order valence-corrected chi connectivity index (χ2v) is 6.07. The van der Waals surface area contributed by atoms with Crippen LogP contribution in [0.25, 0.3) is 0 Å². The number of amides is 2. The fourth-order valence-electron chi connectivity index (χ4n) is 3.14. The van der Waals surface area contributed by atoms with Crippen LogP contribution in [0.2, 0.25) is 0 Å². The predicted molar refractivity (Wildman–Crippen MR) is 84.9 cm³/mol. The summed E-state index contributed by atoms with van der Waals surface area (Å²) in [7, 11) is 0. The van der Waals surface area contributed by atoms with E-state index in [1.807, 2.05) is 6.08 Å². The molecule has 4 nitrogen and oxygen atoms in total. The molecule has 5 heteroatoms. The van der Waals surface area contributed by atoms with Crippen molar-refractivity contribution < 1.29 is 14.0 Å². The second-order valence-electron chi connectivity index (χ2n) is 6.07. The number of allylic oxidation sites excluding steroid dienone is 1. The number of benzene rings is 1. The van der Waals surface area contributed by atoms with E-state index in [1.54, 1.807) is 28.0 Å². The molecule has 0 aromatic heterocycles. The summed E-state index contributed by atoms with van der Waals surface area (Å²) >= 11 is 0. The molecule has 0 N–H and O–H groups in total. The van der Waals surface area contributed by atoms with Crippen molar-refractivity contribution in [2.24, 2.45) is 0 Å². The molecule has 0 spiro atoms. The maximum atomic E-state index is 13.8. The molecule has 0 bridgehead atoms. The van der Waals surface area contributed by atoms with Crippen LogP contribution in [0.15, 0.2) is 35.9 Å². The summed E-state index contributed by atoms with van der Waals surface area (Å²) in [5.41, 5.74) is 1.39. The van der Waals surface area contributed by atoms with Crippen LogP contribution in [0.3, 0.4) is 0 Å². The van der Waals surface area contributed by atoms with Crippen LogP contribution in [0.1, 0.15) is 31.2 Å². The largest absolute Gasteiger partial charge is 0.337 e. The Kier molecular flexibility index (Phi) is 4.74. The van der Waals surface area contributed by atoms with Gasteiger partial charge in [-0.1, -0.05) is 24.3 Å². The summed E-state index contributed by atoms with van der Waals surface area (Å²) in [6.45, 7) is 1.67. The lowest BCUT2D eigenvalue weighted by Crippen LogP contribution is -2.36. The van der Waals surface area contributed by atoms with Crippen molar-refractivity contribution in [3.63, 3.8) is 0 Å². The Labute approximate surface area is 135 Å². The molecule has 23 heavy (non-hydrogen) atoms. The van der Waals surface area contributed by atoms with E-state index in [4.69, 9.17) is 0 Å². The molecule has 0 atom stereocenters. The zero-order valence-electron chi connectivity index (χ0n) is 13.1. The van der Waals surface area contributed by atoms with Crippen molar-refractivity contribution in [1.29, 1.82) is 0 Å². The van der Waals surface area contributed by atoms with Gasteiger partial charge in [-0.3, -0.25) is 9.59 Å². The van der Waals surface area contributed by atoms with E-state index in [0.29, 0.717) is 31.6 Å². The van der Waals surface area contributed by atoms with Gasteiger partial charge in [0.05, 0.1) is 0 Å². The Bertz CT molecular complexity index is 642. The number of rotatable bonds is 3. The van der Waals surface area contributed by atoms with Crippen LogP contribution >= 0.6 is 0 Å². The van der Waals surface area contributed by atoms with E-state index in [0.717, 1.165) is 24.8 Å². The summed E-state index contributed by atoms with van der Waals surface area (Å²) in [6.07, 6.45) is 5.14. The second kappa shape index (κ2) is 6.94. The minimum absolute atomic E-state index is 0.0241. The monoisotopic (exact) mass is 316 g/mol. The molecule has 1 aromatic carbocycles. The molecule has 1 aliphatic carbocycles. The van der Waals surface area contributed by atoms with Gasteiger partial charge < -0.3 is 9.80 Å². The summed E-state index contributed by atoms with van der Waals surface area (Å²) in [5.74, 6) is -0.263. The van der Waals surface area contributed by atoms with E-state index in [-0.39, 0.29) is 24.2 Å². The Balaban J connectivity index is 1.65. The predicted octanol–water partition coefficient (Wildman–Crippen LogP) is 2.50. The molecular formula is C18H21FN2O2.